The number of rotatable bonds is 11. The Morgan fingerprint density at radius 3 is 2.10 bits per heavy atom. The molecular weight excluding hydrogens is 593 g/mol. The lowest BCUT2D eigenvalue weighted by Gasteiger charge is -2.32. The van der Waals surface area contributed by atoms with Gasteiger partial charge in [0.05, 0.1) is 15.6 Å². The summed E-state index contributed by atoms with van der Waals surface area (Å²) in [6.45, 7) is 6.68. The molecule has 1 N–H and O–H groups in total. The van der Waals surface area contributed by atoms with Crippen molar-refractivity contribution in [2.75, 3.05) is 10.8 Å². The van der Waals surface area contributed by atoms with Crippen LogP contribution in [0.2, 0.25) is 15.1 Å². The van der Waals surface area contributed by atoms with Crippen molar-refractivity contribution >= 4 is 62.3 Å². The van der Waals surface area contributed by atoms with E-state index in [1.165, 1.54) is 35.2 Å². The second-order valence-corrected chi connectivity index (χ2v) is 12.7. The summed E-state index contributed by atoms with van der Waals surface area (Å²) < 4.78 is 28.8. The fourth-order valence-corrected chi connectivity index (χ4v) is 5.85. The molecular formula is C29H32Cl3N3O4S. The van der Waals surface area contributed by atoms with E-state index in [-0.39, 0.29) is 39.1 Å². The van der Waals surface area contributed by atoms with Gasteiger partial charge in [0, 0.05) is 22.6 Å². The first-order valence-electron chi connectivity index (χ1n) is 12.7. The minimum Gasteiger partial charge on any atom is -0.352 e. The minimum atomic E-state index is -4.26. The van der Waals surface area contributed by atoms with Crippen LogP contribution in [-0.4, -0.2) is 43.8 Å². The average molecular weight is 625 g/mol. The summed E-state index contributed by atoms with van der Waals surface area (Å²) in [4.78, 5) is 28.4. The van der Waals surface area contributed by atoms with E-state index in [4.69, 9.17) is 34.8 Å². The van der Waals surface area contributed by atoms with Gasteiger partial charge < -0.3 is 10.2 Å². The maximum absolute atomic E-state index is 14.0. The van der Waals surface area contributed by atoms with E-state index in [0.29, 0.717) is 11.4 Å². The Labute approximate surface area is 251 Å². The van der Waals surface area contributed by atoms with E-state index in [2.05, 4.69) is 5.32 Å². The zero-order valence-corrected chi connectivity index (χ0v) is 25.8. The molecule has 7 nitrogen and oxygen atoms in total. The van der Waals surface area contributed by atoms with Crippen LogP contribution in [0, 0.1) is 6.92 Å². The number of hydrogen-bond donors (Lipinski definition) is 1. The number of aryl methyl sites for hydroxylation is 1. The molecule has 11 heteroatoms. The molecule has 3 rings (SSSR count). The fourth-order valence-electron chi connectivity index (χ4n) is 3.86. The van der Waals surface area contributed by atoms with Crippen LogP contribution in [0.25, 0.3) is 0 Å². The molecule has 0 aliphatic heterocycles. The second-order valence-electron chi connectivity index (χ2n) is 9.56. The van der Waals surface area contributed by atoms with Gasteiger partial charge in [-0.05, 0) is 75.2 Å². The molecule has 214 valence electrons. The van der Waals surface area contributed by atoms with Crippen molar-refractivity contribution in [2.45, 2.75) is 57.6 Å². The largest absolute Gasteiger partial charge is 0.352 e. The lowest BCUT2D eigenvalue weighted by molar-refractivity contribution is -0.139. The number of benzene rings is 3. The molecule has 2 amide bonds. The van der Waals surface area contributed by atoms with E-state index >= 15 is 0 Å². The summed E-state index contributed by atoms with van der Waals surface area (Å²) in [5, 5.41) is 3.76. The van der Waals surface area contributed by atoms with Crippen molar-refractivity contribution in [1.29, 1.82) is 0 Å². The summed E-state index contributed by atoms with van der Waals surface area (Å²) in [5.41, 5.74) is 1.64. The van der Waals surface area contributed by atoms with E-state index < -0.39 is 28.5 Å². The van der Waals surface area contributed by atoms with Crippen molar-refractivity contribution in [1.82, 2.24) is 10.2 Å². The first kappa shape index (κ1) is 31.7. The van der Waals surface area contributed by atoms with Crippen LogP contribution in [0.1, 0.15) is 38.3 Å². The molecule has 3 aromatic rings. The zero-order chi connectivity index (χ0) is 29.6. The molecule has 0 aliphatic carbocycles. The Morgan fingerprint density at radius 1 is 0.900 bits per heavy atom. The lowest BCUT2D eigenvalue weighted by atomic mass is 10.1. The van der Waals surface area contributed by atoms with Crippen molar-refractivity contribution in [3.8, 4) is 0 Å². The van der Waals surface area contributed by atoms with Crippen molar-refractivity contribution < 1.29 is 18.0 Å². The van der Waals surface area contributed by atoms with Crippen LogP contribution < -0.4 is 9.62 Å². The molecule has 0 aliphatic rings. The summed E-state index contributed by atoms with van der Waals surface area (Å²) in [5.74, 6) is -0.959. The van der Waals surface area contributed by atoms with Gasteiger partial charge in [-0.1, -0.05) is 71.6 Å². The van der Waals surface area contributed by atoms with Crippen LogP contribution in [-0.2, 0) is 26.2 Å². The number of nitrogens with one attached hydrogen (secondary N) is 1. The van der Waals surface area contributed by atoms with Crippen molar-refractivity contribution in [2.24, 2.45) is 0 Å². The van der Waals surface area contributed by atoms with Gasteiger partial charge in [0.1, 0.15) is 12.6 Å². The standard InChI is InChI=1S/C29H32Cl3N3O4S/c1-5-20(3)33-29(37)21(4)34(17-22-8-10-23(30)11-9-22)28(36)18-35(27-16-24(31)12-15-26(27)32)40(38,39)25-13-6-19(2)7-14-25/h6-16,20-21H,5,17-18H2,1-4H3,(H,33,37)/t20-,21+/m1/s1. The summed E-state index contributed by atoms with van der Waals surface area (Å²) >= 11 is 18.7. The highest BCUT2D eigenvalue weighted by atomic mass is 35.5. The SMILES string of the molecule is CC[C@@H](C)NC(=O)[C@H](C)N(Cc1ccc(Cl)cc1)C(=O)CN(c1cc(Cl)ccc1Cl)S(=O)(=O)c1ccc(C)cc1. The van der Waals surface area contributed by atoms with Crippen molar-refractivity contribution in [3.63, 3.8) is 0 Å². The zero-order valence-electron chi connectivity index (χ0n) is 22.7. The van der Waals surface area contributed by atoms with Gasteiger partial charge in [-0.2, -0.15) is 0 Å². The molecule has 0 unspecified atom stereocenters. The molecule has 0 heterocycles. The predicted molar refractivity (Wildman–Crippen MR) is 162 cm³/mol. The van der Waals surface area contributed by atoms with E-state index in [9.17, 15) is 18.0 Å². The number of halogens is 3. The summed E-state index contributed by atoms with van der Waals surface area (Å²) in [7, 11) is -4.26. The molecule has 40 heavy (non-hydrogen) atoms. The second kappa shape index (κ2) is 13.7. The number of amides is 2. The van der Waals surface area contributed by atoms with Gasteiger partial charge >= 0.3 is 0 Å². The van der Waals surface area contributed by atoms with Gasteiger partial charge in [0.15, 0.2) is 0 Å². The maximum atomic E-state index is 14.0. The Bertz CT molecular complexity index is 1450. The topological polar surface area (TPSA) is 86.8 Å². The first-order valence-corrected chi connectivity index (χ1v) is 15.3. The predicted octanol–water partition coefficient (Wildman–Crippen LogP) is 6.48. The Hall–Kier alpha value is -2.78. The number of carbonyl (C=O) groups is 2. The van der Waals surface area contributed by atoms with Crippen LogP contribution in [0.5, 0.6) is 0 Å². The minimum absolute atomic E-state index is 0.0197. The number of sulfonamides is 1. The molecule has 2 atom stereocenters. The maximum Gasteiger partial charge on any atom is 0.264 e. The highest BCUT2D eigenvalue weighted by Gasteiger charge is 2.33. The third-order valence-corrected chi connectivity index (χ3v) is 9.08. The molecule has 0 radical (unpaired) electrons. The fraction of sp³-hybridized carbons (Fsp3) is 0.310. The molecule has 3 aromatic carbocycles. The van der Waals surface area contributed by atoms with Gasteiger partial charge in [-0.15, -0.1) is 0 Å². The number of anilines is 1. The molecule has 0 fully saturated rings. The van der Waals surface area contributed by atoms with Gasteiger partial charge in [0.2, 0.25) is 11.8 Å². The monoisotopic (exact) mass is 623 g/mol. The number of nitrogens with zero attached hydrogens (tertiary/aromatic N) is 2. The van der Waals surface area contributed by atoms with Gasteiger partial charge in [-0.3, -0.25) is 13.9 Å². The average Bonchev–Trinajstić information content (AvgIpc) is 2.92. The van der Waals surface area contributed by atoms with Crippen molar-refractivity contribution in [3.05, 3.63) is 92.9 Å². The third kappa shape index (κ3) is 7.91. The van der Waals surface area contributed by atoms with E-state index in [1.807, 2.05) is 20.8 Å². The quantitative estimate of drug-likeness (QED) is 0.265. The summed E-state index contributed by atoms with van der Waals surface area (Å²) in [6, 6.07) is 16.5. The van der Waals surface area contributed by atoms with Crippen LogP contribution in [0.15, 0.2) is 71.6 Å². The van der Waals surface area contributed by atoms with Gasteiger partial charge in [-0.25, -0.2) is 8.42 Å². The number of carbonyl (C=O) groups excluding carboxylic acids is 2. The van der Waals surface area contributed by atoms with Gasteiger partial charge in [0.25, 0.3) is 10.0 Å². The molecule has 0 saturated heterocycles. The molecule has 0 saturated carbocycles. The molecule has 0 bridgehead atoms. The molecule has 0 spiro atoms. The Morgan fingerprint density at radius 2 is 1.50 bits per heavy atom. The first-order chi connectivity index (χ1) is 18.8. The third-order valence-electron chi connectivity index (χ3n) is 6.50. The normalized spacial score (nSPS) is 12.9. The highest BCUT2D eigenvalue weighted by Crippen LogP contribution is 2.33. The van der Waals surface area contributed by atoms with E-state index in [0.717, 1.165) is 15.4 Å². The summed E-state index contributed by atoms with van der Waals surface area (Å²) in [6.07, 6.45) is 0.708. The van der Waals surface area contributed by atoms with Crippen LogP contribution >= 0.6 is 34.8 Å². The molecule has 0 aromatic heterocycles. The Balaban J connectivity index is 2.06. The number of hydrogen-bond acceptors (Lipinski definition) is 4. The van der Waals surface area contributed by atoms with Crippen LogP contribution in [0.4, 0.5) is 5.69 Å². The van der Waals surface area contributed by atoms with E-state index in [1.54, 1.807) is 43.3 Å². The Kier molecular flexibility index (Phi) is 10.9. The highest BCUT2D eigenvalue weighted by molar-refractivity contribution is 7.92. The smallest absolute Gasteiger partial charge is 0.264 e. The lowest BCUT2D eigenvalue weighted by Crippen LogP contribution is -2.52. The van der Waals surface area contributed by atoms with Crippen LogP contribution in [0.3, 0.4) is 0 Å².